The largest absolute Gasteiger partial charge is 0.394 e. The number of aliphatic hydroxyl groups is 1. The molecule has 2 nitrogen and oxygen atoms in total. The Morgan fingerprint density at radius 2 is 1.89 bits per heavy atom. The highest BCUT2D eigenvalue weighted by molar-refractivity contribution is 6.30. The Kier molecular flexibility index (Phi) is 5.61. The molecule has 0 aliphatic heterocycles. The van der Waals surface area contributed by atoms with Gasteiger partial charge >= 0.3 is 0 Å². The van der Waals surface area contributed by atoms with E-state index in [4.69, 9.17) is 11.6 Å². The van der Waals surface area contributed by atoms with Gasteiger partial charge in [-0.25, -0.2) is 4.39 Å². The highest BCUT2D eigenvalue weighted by atomic mass is 35.5. The van der Waals surface area contributed by atoms with Gasteiger partial charge in [0.05, 0.1) is 12.6 Å². The van der Waals surface area contributed by atoms with Crippen LogP contribution in [0.1, 0.15) is 50.1 Å². The molecule has 1 aromatic carbocycles. The fourth-order valence-electron chi connectivity index (χ4n) is 2.76. The molecule has 1 aromatic rings. The van der Waals surface area contributed by atoms with Crippen molar-refractivity contribution in [2.45, 2.75) is 50.6 Å². The van der Waals surface area contributed by atoms with Crippen molar-refractivity contribution in [2.24, 2.45) is 0 Å². The molecule has 0 radical (unpaired) electrons. The first-order valence-corrected chi connectivity index (χ1v) is 7.39. The number of halogens is 2. The Bertz CT molecular complexity index is 385. The van der Waals surface area contributed by atoms with Crippen molar-refractivity contribution in [2.75, 3.05) is 6.61 Å². The summed E-state index contributed by atoms with van der Waals surface area (Å²) in [6.07, 6.45) is 7.26. The molecule has 1 fully saturated rings. The van der Waals surface area contributed by atoms with E-state index >= 15 is 0 Å². The van der Waals surface area contributed by atoms with Crippen molar-refractivity contribution in [3.63, 3.8) is 0 Å². The van der Waals surface area contributed by atoms with E-state index in [1.807, 2.05) is 0 Å². The maximum Gasteiger partial charge on any atom is 0.125 e. The summed E-state index contributed by atoms with van der Waals surface area (Å²) in [7, 11) is 0. The molecule has 1 unspecified atom stereocenters. The lowest BCUT2D eigenvalue weighted by atomic mass is 10.0. The zero-order valence-corrected chi connectivity index (χ0v) is 11.8. The van der Waals surface area contributed by atoms with Gasteiger partial charge in [0.25, 0.3) is 0 Å². The van der Waals surface area contributed by atoms with Crippen molar-refractivity contribution >= 4 is 11.6 Å². The number of aliphatic hydroxyl groups excluding tert-OH is 1. The monoisotopic (exact) mass is 285 g/mol. The number of hydrogen-bond donors (Lipinski definition) is 2. The fourth-order valence-corrected chi connectivity index (χ4v) is 2.99. The van der Waals surface area contributed by atoms with Crippen LogP contribution in [0.4, 0.5) is 4.39 Å². The molecular formula is C15H21ClFNO. The normalized spacial score (nSPS) is 19.1. The molecule has 1 atom stereocenters. The van der Waals surface area contributed by atoms with E-state index in [1.54, 1.807) is 6.07 Å². The minimum atomic E-state index is -0.358. The minimum absolute atomic E-state index is 0.0454. The Balaban J connectivity index is 2.05. The third-order valence-corrected chi connectivity index (χ3v) is 3.98. The number of hydrogen-bond acceptors (Lipinski definition) is 2. The molecule has 4 heteroatoms. The molecule has 1 aliphatic carbocycles. The SMILES string of the molecule is OCC(NC1CCCCCC1)c1cc(F)cc(Cl)c1. The Morgan fingerprint density at radius 1 is 1.21 bits per heavy atom. The van der Waals surface area contributed by atoms with Crippen LogP contribution in [0, 0.1) is 5.82 Å². The molecule has 0 saturated heterocycles. The lowest BCUT2D eigenvalue weighted by molar-refractivity contribution is 0.228. The van der Waals surface area contributed by atoms with Gasteiger partial charge in [-0.15, -0.1) is 0 Å². The van der Waals surface area contributed by atoms with Crippen LogP contribution in [-0.4, -0.2) is 17.8 Å². The van der Waals surface area contributed by atoms with E-state index in [-0.39, 0.29) is 18.5 Å². The van der Waals surface area contributed by atoms with E-state index in [9.17, 15) is 9.50 Å². The first-order chi connectivity index (χ1) is 9.19. The topological polar surface area (TPSA) is 32.3 Å². The molecule has 0 spiro atoms. The molecular weight excluding hydrogens is 265 g/mol. The van der Waals surface area contributed by atoms with Gasteiger partial charge in [0.1, 0.15) is 5.82 Å². The predicted octanol–water partition coefficient (Wildman–Crippen LogP) is 3.82. The average Bonchev–Trinajstić information content (AvgIpc) is 2.63. The Hall–Kier alpha value is -0.640. The molecule has 2 N–H and O–H groups in total. The first kappa shape index (κ1) is 14.8. The lowest BCUT2D eigenvalue weighted by Gasteiger charge is -2.24. The van der Waals surface area contributed by atoms with Crippen LogP contribution in [-0.2, 0) is 0 Å². The quantitative estimate of drug-likeness (QED) is 0.824. The van der Waals surface area contributed by atoms with Gasteiger partial charge in [-0.05, 0) is 36.6 Å². The van der Waals surface area contributed by atoms with Gasteiger partial charge < -0.3 is 10.4 Å². The van der Waals surface area contributed by atoms with E-state index in [0.29, 0.717) is 11.1 Å². The van der Waals surface area contributed by atoms with Crippen LogP contribution in [0.15, 0.2) is 18.2 Å². The third-order valence-electron chi connectivity index (χ3n) is 3.76. The summed E-state index contributed by atoms with van der Waals surface area (Å²) in [5.74, 6) is -0.358. The van der Waals surface area contributed by atoms with Gasteiger partial charge in [0.15, 0.2) is 0 Å². The van der Waals surface area contributed by atoms with Crippen LogP contribution in [0.25, 0.3) is 0 Å². The molecule has 106 valence electrons. The molecule has 1 saturated carbocycles. The molecule has 0 amide bonds. The van der Waals surface area contributed by atoms with Crippen LogP contribution < -0.4 is 5.32 Å². The summed E-state index contributed by atoms with van der Waals surface area (Å²) in [6, 6.07) is 4.61. The maximum absolute atomic E-state index is 13.4. The zero-order valence-electron chi connectivity index (χ0n) is 11.0. The fraction of sp³-hybridized carbons (Fsp3) is 0.600. The summed E-state index contributed by atoms with van der Waals surface area (Å²) >= 11 is 5.87. The van der Waals surface area contributed by atoms with Gasteiger partial charge in [0, 0.05) is 11.1 Å². The summed E-state index contributed by atoms with van der Waals surface area (Å²) in [6.45, 7) is -0.0454. The second kappa shape index (κ2) is 7.22. The van der Waals surface area contributed by atoms with Crippen molar-refractivity contribution in [1.29, 1.82) is 0 Å². The maximum atomic E-state index is 13.4. The predicted molar refractivity (Wildman–Crippen MR) is 75.9 cm³/mol. The molecule has 0 bridgehead atoms. The highest BCUT2D eigenvalue weighted by Crippen LogP contribution is 2.23. The molecule has 1 aliphatic rings. The van der Waals surface area contributed by atoms with E-state index in [2.05, 4.69) is 5.32 Å². The number of benzene rings is 1. The van der Waals surface area contributed by atoms with E-state index in [0.717, 1.165) is 18.4 Å². The highest BCUT2D eigenvalue weighted by Gasteiger charge is 2.18. The molecule has 19 heavy (non-hydrogen) atoms. The molecule has 2 rings (SSSR count). The Labute approximate surface area is 119 Å². The summed E-state index contributed by atoms with van der Waals surface area (Å²) < 4.78 is 13.4. The van der Waals surface area contributed by atoms with Gasteiger partial charge in [0.2, 0.25) is 0 Å². The van der Waals surface area contributed by atoms with Crippen molar-refractivity contribution in [3.05, 3.63) is 34.6 Å². The summed E-state index contributed by atoms with van der Waals surface area (Å²) in [5, 5.41) is 13.3. The number of nitrogens with one attached hydrogen (secondary N) is 1. The third kappa shape index (κ3) is 4.44. The van der Waals surface area contributed by atoms with Crippen LogP contribution in [0.5, 0.6) is 0 Å². The lowest BCUT2D eigenvalue weighted by Crippen LogP contribution is -2.34. The molecule has 0 aromatic heterocycles. The van der Waals surface area contributed by atoms with Crippen molar-refractivity contribution in [3.8, 4) is 0 Å². The van der Waals surface area contributed by atoms with Crippen LogP contribution in [0.2, 0.25) is 5.02 Å². The second-order valence-corrected chi connectivity index (χ2v) is 5.73. The van der Waals surface area contributed by atoms with E-state index in [1.165, 1.54) is 37.8 Å². The van der Waals surface area contributed by atoms with Crippen LogP contribution in [0.3, 0.4) is 0 Å². The standard InChI is InChI=1S/C15H21ClFNO/c16-12-7-11(8-13(17)9-12)15(10-19)18-14-5-3-1-2-4-6-14/h7-9,14-15,18-19H,1-6,10H2. The van der Waals surface area contributed by atoms with Gasteiger partial charge in [-0.1, -0.05) is 37.3 Å². The van der Waals surface area contributed by atoms with Gasteiger partial charge in [-0.2, -0.15) is 0 Å². The van der Waals surface area contributed by atoms with E-state index < -0.39 is 0 Å². The summed E-state index contributed by atoms with van der Waals surface area (Å²) in [4.78, 5) is 0. The minimum Gasteiger partial charge on any atom is -0.394 e. The second-order valence-electron chi connectivity index (χ2n) is 5.29. The zero-order chi connectivity index (χ0) is 13.7. The number of rotatable bonds is 4. The Morgan fingerprint density at radius 3 is 2.47 bits per heavy atom. The van der Waals surface area contributed by atoms with Crippen LogP contribution >= 0.6 is 11.6 Å². The first-order valence-electron chi connectivity index (χ1n) is 7.02. The molecule has 0 heterocycles. The average molecular weight is 286 g/mol. The van der Waals surface area contributed by atoms with Gasteiger partial charge in [-0.3, -0.25) is 0 Å². The summed E-state index contributed by atoms with van der Waals surface area (Å²) in [5.41, 5.74) is 0.719. The smallest absolute Gasteiger partial charge is 0.125 e. The van der Waals surface area contributed by atoms with Crippen molar-refractivity contribution < 1.29 is 9.50 Å². The van der Waals surface area contributed by atoms with Crippen molar-refractivity contribution in [1.82, 2.24) is 5.32 Å².